The van der Waals surface area contributed by atoms with Crippen LogP contribution in [0.1, 0.15) is 31.4 Å². The molecular weight excluding hydrogens is 276 g/mol. The Morgan fingerprint density at radius 2 is 2.20 bits per heavy atom. The van der Waals surface area contributed by atoms with Gasteiger partial charge in [-0.2, -0.15) is 0 Å². The Morgan fingerprint density at radius 3 is 2.85 bits per heavy atom. The van der Waals surface area contributed by atoms with Crippen molar-refractivity contribution in [2.45, 2.75) is 43.2 Å². The third-order valence-corrected chi connectivity index (χ3v) is 4.52. The minimum absolute atomic E-state index is 0.162. The van der Waals surface area contributed by atoms with Gasteiger partial charge in [-0.1, -0.05) is 12.8 Å². The highest BCUT2D eigenvalue weighted by Crippen LogP contribution is 2.17. The van der Waals surface area contributed by atoms with Crippen molar-refractivity contribution in [1.29, 1.82) is 0 Å². The molecule has 110 valence electrons. The van der Waals surface area contributed by atoms with E-state index in [4.69, 9.17) is 5.73 Å². The Bertz CT molecular complexity index is 592. The van der Waals surface area contributed by atoms with Crippen molar-refractivity contribution in [3.63, 3.8) is 0 Å². The SMILES string of the molecule is CS(=O)(=O)c1cccnc1CN=C(N)NC1CCCC1. The van der Waals surface area contributed by atoms with Crippen LogP contribution < -0.4 is 11.1 Å². The number of rotatable bonds is 4. The third-order valence-electron chi connectivity index (χ3n) is 3.35. The average Bonchev–Trinajstić information content (AvgIpc) is 2.88. The Morgan fingerprint density at radius 1 is 1.50 bits per heavy atom. The van der Waals surface area contributed by atoms with E-state index < -0.39 is 9.84 Å². The van der Waals surface area contributed by atoms with Crippen molar-refractivity contribution in [1.82, 2.24) is 10.3 Å². The zero-order chi connectivity index (χ0) is 14.6. The molecule has 20 heavy (non-hydrogen) atoms. The number of aliphatic imine (C=N–C) groups is 1. The molecule has 0 amide bonds. The van der Waals surface area contributed by atoms with E-state index in [2.05, 4.69) is 15.3 Å². The summed E-state index contributed by atoms with van der Waals surface area (Å²) in [6.45, 7) is 0.162. The Balaban J connectivity index is 2.06. The first kappa shape index (κ1) is 14.8. The van der Waals surface area contributed by atoms with Gasteiger partial charge in [-0.25, -0.2) is 13.4 Å². The second kappa shape index (κ2) is 6.21. The number of sulfone groups is 1. The predicted octanol–water partition coefficient (Wildman–Crippen LogP) is 0.832. The smallest absolute Gasteiger partial charge is 0.189 e. The largest absolute Gasteiger partial charge is 0.370 e. The maximum Gasteiger partial charge on any atom is 0.189 e. The molecular formula is C13H20N4O2S. The lowest BCUT2D eigenvalue weighted by atomic mass is 10.2. The summed E-state index contributed by atoms with van der Waals surface area (Å²) in [7, 11) is -3.30. The maximum absolute atomic E-state index is 11.6. The van der Waals surface area contributed by atoms with Crippen molar-refractivity contribution in [3.8, 4) is 0 Å². The number of hydrogen-bond donors (Lipinski definition) is 2. The van der Waals surface area contributed by atoms with E-state index in [1.54, 1.807) is 12.3 Å². The van der Waals surface area contributed by atoms with Crippen LogP contribution in [0, 0.1) is 0 Å². The predicted molar refractivity (Wildman–Crippen MR) is 78.1 cm³/mol. The van der Waals surface area contributed by atoms with Gasteiger partial charge in [0, 0.05) is 18.5 Å². The number of pyridine rings is 1. The minimum atomic E-state index is -3.30. The quantitative estimate of drug-likeness (QED) is 0.633. The van der Waals surface area contributed by atoms with Gasteiger partial charge < -0.3 is 11.1 Å². The number of nitrogens with zero attached hydrogens (tertiary/aromatic N) is 2. The van der Waals surface area contributed by atoms with Crippen LogP contribution in [0.3, 0.4) is 0 Å². The summed E-state index contributed by atoms with van der Waals surface area (Å²) >= 11 is 0. The second-order valence-electron chi connectivity index (χ2n) is 5.05. The number of hydrogen-bond acceptors (Lipinski definition) is 4. The molecule has 1 aromatic heterocycles. The van der Waals surface area contributed by atoms with Crippen LogP contribution in [0.2, 0.25) is 0 Å². The lowest BCUT2D eigenvalue weighted by Crippen LogP contribution is -2.38. The summed E-state index contributed by atoms with van der Waals surface area (Å²) < 4.78 is 23.3. The summed E-state index contributed by atoms with van der Waals surface area (Å²) in [5.41, 5.74) is 6.24. The molecule has 6 nitrogen and oxygen atoms in total. The monoisotopic (exact) mass is 296 g/mol. The summed E-state index contributed by atoms with van der Waals surface area (Å²) in [4.78, 5) is 8.47. The normalized spacial score (nSPS) is 17.4. The van der Waals surface area contributed by atoms with Crippen molar-refractivity contribution in [3.05, 3.63) is 24.0 Å². The van der Waals surface area contributed by atoms with Gasteiger partial charge in [0.15, 0.2) is 15.8 Å². The van der Waals surface area contributed by atoms with Crippen LogP contribution in [0.15, 0.2) is 28.2 Å². The summed E-state index contributed by atoms with van der Waals surface area (Å²) in [5.74, 6) is 0.349. The fourth-order valence-electron chi connectivity index (χ4n) is 2.36. The van der Waals surface area contributed by atoms with E-state index >= 15 is 0 Å². The van der Waals surface area contributed by atoms with Crippen molar-refractivity contribution in [2.24, 2.45) is 10.7 Å². The number of nitrogens with one attached hydrogen (secondary N) is 1. The first-order valence-electron chi connectivity index (χ1n) is 6.67. The van der Waals surface area contributed by atoms with Crippen LogP contribution in [0.25, 0.3) is 0 Å². The van der Waals surface area contributed by atoms with Crippen LogP contribution in [0.5, 0.6) is 0 Å². The van der Waals surface area contributed by atoms with E-state index in [0.717, 1.165) is 19.1 Å². The average molecular weight is 296 g/mol. The Hall–Kier alpha value is -1.63. The zero-order valence-electron chi connectivity index (χ0n) is 11.5. The van der Waals surface area contributed by atoms with Gasteiger partial charge in [0.05, 0.1) is 17.1 Å². The van der Waals surface area contributed by atoms with Crippen molar-refractivity contribution < 1.29 is 8.42 Å². The van der Waals surface area contributed by atoms with Gasteiger partial charge in [0.25, 0.3) is 0 Å². The fraction of sp³-hybridized carbons (Fsp3) is 0.538. The Kier molecular flexibility index (Phi) is 4.59. The lowest BCUT2D eigenvalue weighted by molar-refractivity contribution is 0.599. The van der Waals surface area contributed by atoms with Gasteiger partial charge in [-0.15, -0.1) is 0 Å². The molecule has 0 aromatic carbocycles. The molecule has 3 N–H and O–H groups in total. The molecule has 1 saturated carbocycles. The van der Waals surface area contributed by atoms with Crippen molar-refractivity contribution >= 4 is 15.8 Å². The number of guanidine groups is 1. The van der Waals surface area contributed by atoms with Crippen LogP contribution >= 0.6 is 0 Å². The topological polar surface area (TPSA) is 97.4 Å². The third kappa shape index (κ3) is 3.93. The molecule has 0 saturated heterocycles. The highest BCUT2D eigenvalue weighted by Gasteiger charge is 2.16. The standard InChI is InChI=1S/C13H20N4O2S/c1-20(18,19)12-7-4-8-15-11(12)9-16-13(14)17-10-5-2-3-6-10/h4,7-8,10H,2-3,5-6,9H2,1H3,(H3,14,16,17). The molecule has 7 heteroatoms. The van der Waals surface area contributed by atoms with E-state index in [1.165, 1.54) is 18.9 Å². The van der Waals surface area contributed by atoms with Crippen LogP contribution in [-0.2, 0) is 16.4 Å². The maximum atomic E-state index is 11.6. The molecule has 0 atom stereocenters. The van der Waals surface area contributed by atoms with E-state index in [9.17, 15) is 8.42 Å². The molecule has 0 bridgehead atoms. The van der Waals surface area contributed by atoms with Gasteiger partial charge >= 0.3 is 0 Å². The summed E-state index contributed by atoms with van der Waals surface area (Å²) in [6.07, 6.45) is 7.35. The molecule has 1 heterocycles. The molecule has 0 radical (unpaired) electrons. The van der Waals surface area contributed by atoms with Gasteiger partial charge in [-0.05, 0) is 25.0 Å². The molecule has 1 aliphatic rings. The first-order valence-corrected chi connectivity index (χ1v) is 8.56. The van der Waals surface area contributed by atoms with Crippen LogP contribution in [0.4, 0.5) is 0 Å². The lowest BCUT2D eigenvalue weighted by Gasteiger charge is -2.12. The molecule has 0 spiro atoms. The van der Waals surface area contributed by atoms with E-state index in [-0.39, 0.29) is 11.4 Å². The molecule has 0 aliphatic heterocycles. The summed E-state index contributed by atoms with van der Waals surface area (Å²) in [5, 5.41) is 3.16. The highest BCUT2D eigenvalue weighted by atomic mass is 32.2. The summed E-state index contributed by atoms with van der Waals surface area (Å²) in [6, 6.07) is 3.52. The minimum Gasteiger partial charge on any atom is -0.370 e. The molecule has 0 unspecified atom stereocenters. The molecule has 1 fully saturated rings. The highest BCUT2D eigenvalue weighted by molar-refractivity contribution is 7.90. The second-order valence-corrected chi connectivity index (χ2v) is 7.03. The van der Waals surface area contributed by atoms with E-state index in [1.807, 2.05) is 0 Å². The van der Waals surface area contributed by atoms with Crippen molar-refractivity contribution in [2.75, 3.05) is 6.26 Å². The van der Waals surface area contributed by atoms with Gasteiger partial charge in [-0.3, -0.25) is 4.98 Å². The zero-order valence-corrected chi connectivity index (χ0v) is 12.4. The first-order chi connectivity index (χ1) is 9.47. The molecule has 1 aromatic rings. The fourth-order valence-corrected chi connectivity index (χ4v) is 3.24. The Labute approximate surface area is 119 Å². The van der Waals surface area contributed by atoms with Crippen LogP contribution in [-0.4, -0.2) is 31.7 Å². The van der Waals surface area contributed by atoms with Gasteiger partial charge in [0.1, 0.15) is 0 Å². The van der Waals surface area contributed by atoms with Gasteiger partial charge in [0.2, 0.25) is 0 Å². The number of aromatic nitrogens is 1. The molecule has 2 rings (SSSR count). The number of nitrogens with two attached hydrogens (primary N) is 1. The van der Waals surface area contributed by atoms with E-state index in [0.29, 0.717) is 17.7 Å². The molecule has 1 aliphatic carbocycles.